The molecule has 0 aliphatic rings. The van der Waals surface area contributed by atoms with E-state index in [1.165, 1.54) is 5.56 Å². The lowest BCUT2D eigenvalue weighted by Crippen LogP contribution is -2.13. The second-order valence-corrected chi connectivity index (χ2v) is 5.10. The lowest BCUT2D eigenvalue weighted by Gasteiger charge is -2.08. The molecule has 1 aromatic heterocycles. The van der Waals surface area contributed by atoms with Crippen molar-refractivity contribution in [2.45, 2.75) is 40.3 Å². The first-order valence-electron chi connectivity index (χ1n) is 7.17. The van der Waals surface area contributed by atoms with Crippen LogP contribution in [0.5, 0.6) is 5.75 Å². The Morgan fingerprint density at radius 3 is 2.65 bits per heavy atom. The molecule has 1 aromatic carbocycles. The van der Waals surface area contributed by atoms with E-state index in [0.29, 0.717) is 6.61 Å². The van der Waals surface area contributed by atoms with E-state index in [4.69, 9.17) is 9.15 Å². The van der Waals surface area contributed by atoms with E-state index in [9.17, 15) is 0 Å². The number of nitrogens with one attached hydrogen (secondary N) is 1. The predicted octanol–water partition coefficient (Wildman–Crippen LogP) is 3.98. The summed E-state index contributed by atoms with van der Waals surface area (Å²) in [6.07, 6.45) is 1.13. The quantitative estimate of drug-likeness (QED) is 0.775. The standard InChI is InChI=1S/C17H23NO2/c1-4-9-18-11-15-6-7-16(20-15)12-19-17-8-5-13(2)10-14(17)3/h5-8,10,18H,4,9,11-12H2,1-3H3. The van der Waals surface area contributed by atoms with E-state index in [1.807, 2.05) is 18.2 Å². The van der Waals surface area contributed by atoms with Gasteiger partial charge in [0.25, 0.3) is 0 Å². The highest BCUT2D eigenvalue weighted by Gasteiger charge is 2.04. The number of furan rings is 1. The van der Waals surface area contributed by atoms with Crippen LogP contribution in [-0.2, 0) is 13.2 Å². The third kappa shape index (κ3) is 4.14. The van der Waals surface area contributed by atoms with Gasteiger partial charge in [0.1, 0.15) is 23.9 Å². The Morgan fingerprint density at radius 2 is 1.90 bits per heavy atom. The van der Waals surface area contributed by atoms with Gasteiger partial charge in [0.2, 0.25) is 0 Å². The minimum Gasteiger partial charge on any atom is -0.485 e. The van der Waals surface area contributed by atoms with E-state index >= 15 is 0 Å². The molecule has 0 aliphatic heterocycles. The molecule has 1 heterocycles. The van der Waals surface area contributed by atoms with Crippen LogP contribution >= 0.6 is 0 Å². The minimum atomic E-state index is 0.470. The molecule has 20 heavy (non-hydrogen) atoms. The van der Waals surface area contributed by atoms with Crippen molar-refractivity contribution in [1.82, 2.24) is 5.32 Å². The largest absolute Gasteiger partial charge is 0.485 e. The number of hydrogen-bond donors (Lipinski definition) is 1. The molecule has 0 atom stereocenters. The molecule has 0 amide bonds. The zero-order valence-corrected chi connectivity index (χ0v) is 12.5. The van der Waals surface area contributed by atoms with Crippen molar-refractivity contribution >= 4 is 0 Å². The van der Waals surface area contributed by atoms with Gasteiger partial charge in [-0.05, 0) is 50.6 Å². The van der Waals surface area contributed by atoms with E-state index < -0.39 is 0 Å². The topological polar surface area (TPSA) is 34.4 Å². The Hall–Kier alpha value is -1.74. The molecule has 0 radical (unpaired) electrons. The lowest BCUT2D eigenvalue weighted by atomic mass is 10.1. The maximum Gasteiger partial charge on any atom is 0.146 e. The third-order valence-corrected chi connectivity index (χ3v) is 3.14. The van der Waals surface area contributed by atoms with Crippen molar-refractivity contribution < 1.29 is 9.15 Å². The van der Waals surface area contributed by atoms with Crippen LogP contribution in [0.2, 0.25) is 0 Å². The first-order valence-corrected chi connectivity index (χ1v) is 7.17. The fourth-order valence-corrected chi connectivity index (χ4v) is 2.09. The number of rotatable bonds is 7. The van der Waals surface area contributed by atoms with Crippen molar-refractivity contribution in [3.8, 4) is 5.75 Å². The first-order chi connectivity index (χ1) is 9.69. The van der Waals surface area contributed by atoms with Crippen LogP contribution in [0.15, 0.2) is 34.7 Å². The smallest absolute Gasteiger partial charge is 0.146 e. The summed E-state index contributed by atoms with van der Waals surface area (Å²) in [5.41, 5.74) is 2.40. The van der Waals surface area contributed by atoms with Gasteiger partial charge < -0.3 is 14.5 Å². The average Bonchev–Trinajstić information content (AvgIpc) is 2.86. The summed E-state index contributed by atoms with van der Waals surface area (Å²) in [6, 6.07) is 10.2. The summed E-state index contributed by atoms with van der Waals surface area (Å²) >= 11 is 0. The molecule has 0 fully saturated rings. The summed E-state index contributed by atoms with van der Waals surface area (Å²) in [7, 11) is 0. The molecule has 0 saturated heterocycles. The SMILES string of the molecule is CCCNCc1ccc(COc2ccc(C)cc2C)o1. The van der Waals surface area contributed by atoms with Gasteiger partial charge in [-0.15, -0.1) is 0 Å². The van der Waals surface area contributed by atoms with Gasteiger partial charge in [0.05, 0.1) is 6.54 Å². The number of benzene rings is 1. The highest BCUT2D eigenvalue weighted by molar-refractivity contribution is 5.35. The Morgan fingerprint density at radius 1 is 1.10 bits per heavy atom. The number of hydrogen-bond acceptors (Lipinski definition) is 3. The van der Waals surface area contributed by atoms with Crippen molar-refractivity contribution in [2.24, 2.45) is 0 Å². The van der Waals surface area contributed by atoms with Crippen molar-refractivity contribution in [1.29, 1.82) is 0 Å². The molecular formula is C17H23NO2. The van der Waals surface area contributed by atoms with Gasteiger partial charge in [0, 0.05) is 0 Å². The molecule has 0 saturated carbocycles. The number of ether oxygens (including phenoxy) is 1. The highest BCUT2D eigenvalue weighted by atomic mass is 16.5. The zero-order valence-electron chi connectivity index (χ0n) is 12.5. The van der Waals surface area contributed by atoms with Crippen LogP contribution in [-0.4, -0.2) is 6.54 Å². The molecular weight excluding hydrogens is 250 g/mol. The molecule has 3 heteroatoms. The summed E-state index contributed by atoms with van der Waals surface area (Å²) in [4.78, 5) is 0. The van der Waals surface area contributed by atoms with E-state index in [2.05, 4.69) is 38.2 Å². The summed E-state index contributed by atoms with van der Waals surface area (Å²) in [5, 5.41) is 3.32. The lowest BCUT2D eigenvalue weighted by molar-refractivity contribution is 0.263. The van der Waals surface area contributed by atoms with Gasteiger partial charge in [-0.2, -0.15) is 0 Å². The fraction of sp³-hybridized carbons (Fsp3) is 0.412. The summed E-state index contributed by atoms with van der Waals surface area (Å²) in [5.74, 6) is 2.73. The van der Waals surface area contributed by atoms with Crippen LogP contribution in [0.25, 0.3) is 0 Å². The Balaban J connectivity index is 1.87. The van der Waals surface area contributed by atoms with Crippen molar-refractivity contribution in [2.75, 3.05) is 6.54 Å². The summed E-state index contributed by atoms with van der Waals surface area (Å²) in [6.45, 7) is 8.55. The average molecular weight is 273 g/mol. The molecule has 0 unspecified atom stereocenters. The molecule has 2 rings (SSSR count). The van der Waals surface area contributed by atoms with Gasteiger partial charge in [-0.25, -0.2) is 0 Å². The van der Waals surface area contributed by atoms with Gasteiger partial charge >= 0.3 is 0 Å². The second kappa shape index (κ2) is 7.15. The van der Waals surface area contributed by atoms with Gasteiger partial charge in [0.15, 0.2) is 0 Å². The molecule has 0 spiro atoms. The predicted molar refractivity (Wildman–Crippen MR) is 81.0 cm³/mol. The van der Waals surface area contributed by atoms with Crippen molar-refractivity contribution in [3.05, 3.63) is 53.0 Å². The van der Waals surface area contributed by atoms with Crippen LogP contribution < -0.4 is 10.1 Å². The Bertz CT molecular complexity index is 546. The maximum atomic E-state index is 5.80. The highest BCUT2D eigenvalue weighted by Crippen LogP contribution is 2.20. The maximum absolute atomic E-state index is 5.80. The molecule has 108 valence electrons. The molecule has 1 N–H and O–H groups in total. The van der Waals surface area contributed by atoms with Crippen LogP contribution in [0.4, 0.5) is 0 Å². The molecule has 0 aliphatic carbocycles. The van der Waals surface area contributed by atoms with Crippen LogP contribution in [0.3, 0.4) is 0 Å². The van der Waals surface area contributed by atoms with Gasteiger partial charge in [-0.3, -0.25) is 0 Å². The number of aryl methyl sites for hydroxylation is 2. The Labute approximate surface area is 121 Å². The molecule has 0 bridgehead atoms. The van der Waals surface area contributed by atoms with Gasteiger partial charge in [-0.1, -0.05) is 24.6 Å². The molecule has 3 nitrogen and oxygen atoms in total. The van der Waals surface area contributed by atoms with Crippen molar-refractivity contribution in [3.63, 3.8) is 0 Å². The van der Waals surface area contributed by atoms with Crippen LogP contribution in [0.1, 0.15) is 36.0 Å². The Kier molecular flexibility index (Phi) is 5.24. The van der Waals surface area contributed by atoms with Crippen LogP contribution in [0, 0.1) is 13.8 Å². The van der Waals surface area contributed by atoms with E-state index in [1.54, 1.807) is 0 Å². The zero-order chi connectivity index (χ0) is 14.4. The monoisotopic (exact) mass is 273 g/mol. The minimum absolute atomic E-state index is 0.470. The summed E-state index contributed by atoms with van der Waals surface area (Å²) < 4.78 is 11.5. The fourth-order valence-electron chi connectivity index (χ4n) is 2.09. The van der Waals surface area contributed by atoms with E-state index in [0.717, 1.165) is 42.3 Å². The molecule has 2 aromatic rings. The second-order valence-electron chi connectivity index (χ2n) is 5.10. The first kappa shape index (κ1) is 14.7. The van der Waals surface area contributed by atoms with E-state index in [-0.39, 0.29) is 0 Å². The normalized spacial score (nSPS) is 10.8. The third-order valence-electron chi connectivity index (χ3n) is 3.14.